The molecule has 3 rings (SSSR count). The van der Waals surface area contributed by atoms with Crippen molar-refractivity contribution in [3.63, 3.8) is 0 Å². The molecule has 8 heteroatoms. The minimum absolute atomic E-state index is 0.0450. The Morgan fingerprint density at radius 2 is 1.74 bits per heavy atom. The van der Waals surface area contributed by atoms with E-state index in [0.29, 0.717) is 0 Å². The summed E-state index contributed by atoms with van der Waals surface area (Å²) < 4.78 is 42.3. The Kier molecular flexibility index (Phi) is 6.54. The molecule has 0 spiro atoms. The Bertz CT molecular complexity index is 1050. The van der Waals surface area contributed by atoms with Gasteiger partial charge in [-0.15, -0.1) is 0 Å². The fourth-order valence-corrected chi connectivity index (χ4v) is 4.49. The third-order valence-corrected chi connectivity index (χ3v) is 6.26. The topological polar surface area (TPSA) is 82.1 Å². The first-order valence-corrected chi connectivity index (χ1v) is 11.3. The minimum atomic E-state index is -4.03. The molecule has 1 aliphatic rings. The number of amides is 1. The van der Waals surface area contributed by atoms with Crippen LogP contribution in [0.1, 0.15) is 38.0 Å². The second-order valence-electron chi connectivity index (χ2n) is 7.95. The van der Waals surface area contributed by atoms with E-state index >= 15 is 0 Å². The first kappa shape index (κ1) is 23.0. The van der Waals surface area contributed by atoms with Crippen molar-refractivity contribution in [2.45, 2.75) is 50.5 Å². The van der Waals surface area contributed by atoms with Gasteiger partial charge >= 0.3 is 6.09 Å². The van der Waals surface area contributed by atoms with Crippen molar-refractivity contribution in [2.24, 2.45) is 0 Å². The molecule has 31 heavy (non-hydrogen) atoms. The Hall–Kier alpha value is -2.68. The molecule has 0 aliphatic carbocycles. The maximum atomic E-state index is 12.8. The number of nitrogens with zero attached hydrogens (tertiary/aromatic N) is 1. The van der Waals surface area contributed by atoms with Gasteiger partial charge in [0.05, 0.1) is 23.3 Å². The minimum Gasteiger partial charge on any atom is -0.416 e. The molecule has 0 saturated carbocycles. The summed E-state index contributed by atoms with van der Waals surface area (Å²) in [6, 6.07) is 14.9. The van der Waals surface area contributed by atoms with E-state index in [9.17, 15) is 13.2 Å². The van der Waals surface area contributed by atoms with Crippen LogP contribution in [0.25, 0.3) is 0 Å². The molecule has 2 aromatic carbocycles. The van der Waals surface area contributed by atoms with Crippen LogP contribution in [0.2, 0.25) is 0 Å². The normalized spacial score (nSPS) is 20.5. The Morgan fingerprint density at radius 3 is 2.32 bits per heavy atom. The zero-order chi connectivity index (χ0) is 22.8. The number of hydrogen-bond acceptors (Lipinski definition) is 6. The van der Waals surface area contributed by atoms with E-state index in [0.717, 1.165) is 11.1 Å². The van der Waals surface area contributed by atoms with Crippen LogP contribution in [-0.2, 0) is 23.8 Å². The second-order valence-corrected chi connectivity index (χ2v) is 9.57. The summed E-state index contributed by atoms with van der Waals surface area (Å²) >= 11 is 0. The molecule has 166 valence electrons. The Labute approximate surface area is 183 Å². The largest absolute Gasteiger partial charge is 0.417 e. The molecule has 1 saturated heterocycles. The summed E-state index contributed by atoms with van der Waals surface area (Å²) in [5.74, 6) is 0.218. The van der Waals surface area contributed by atoms with E-state index in [1.54, 1.807) is 32.9 Å². The maximum absolute atomic E-state index is 12.8. The molecule has 0 N–H and O–H groups in total. The summed E-state index contributed by atoms with van der Waals surface area (Å²) in [6.07, 6.45) is -1.29. The van der Waals surface area contributed by atoms with E-state index < -0.39 is 34.1 Å². The van der Waals surface area contributed by atoms with Crippen molar-refractivity contribution < 1.29 is 26.9 Å². The molecule has 2 atom stereocenters. The lowest BCUT2D eigenvalue weighted by molar-refractivity contribution is -0.0687. The standard InChI is InChI=1S/C23H27NO6S/c1-16(2)29-22(25)24-20(15-28-31(26,27)19-13-11-17(3)12-14-19)21(30-23(24,4)5)18-9-7-6-8-10-18/h6-14,20-21H,1,15H2,2-5H3/t20-,21-/m1/s1. The molecule has 0 bridgehead atoms. The molecule has 1 fully saturated rings. The van der Waals surface area contributed by atoms with Crippen LogP contribution in [-0.4, -0.2) is 37.8 Å². The van der Waals surface area contributed by atoms with Gasteiger partial charge < -0.3 is 9.47 Å². The summed E-state index contributed by atoms with van der Waals surface area (Å²) in [5, 5.41) is 0. The van der Waals surface area contributed by atoms with Gasteiger partial charge in [0.2, 0.25) is 0 Å². The number of allylic oxidation sites excluding steroid dienone is 1. The van der Waals surface area contributed by atoms with E-state index in [1.807, 2.05) is 37.3 Å². The summed E-state index contributed by atoms with van der Waals surface area (Å²) in [6.45, 7) is 10.2. The number of aryl methyl sites for hydroxylation is 1. The molecule has 1 heterocycles. The van der Waals surface area contributed by atoms with Crippen molar-refractivity contribution in [2.75, 3.05) is 6.61 Å². The van der Waals surface area contributed by atoms with E-state index in [-0.39, 0.29) is 17.3 Å². The smallest absolute Gasteiger partial charge is 0.416 e. The summed E-state index contributed by atoms with van der Waals surface area (Å²) in [7, 11) is -4.03. The van der Waals surface area contributed by atoms with Crippen LogP contribution in [0.5, 0.6) is 0 Å². The summed E-state index contributed by atoms with van der Waals surface area (Å²) in [5.41, 5.74) is 0.666. The third-order valence-electron chi connectivity index (χ3n) is 4.97. The van der Waals surface area contributed by atoms with E-state index in [2.05, 4.69) is 6.58 Å². The predicted molar refractivity (Wildman–Crippen MR) is 116 cm³/mol. The maximum Gasteiger partial charge on any atom is 0.417 e. The van der Waals surface area contributed by atoms with Crippen LogP contribution >= 0.6 is 0 Å². The molecule has 0 unspecified atom stereocenters. The number of rotatable bonds is 6. The summed E-state index contributed by atoms with van der Waals surface area (Å²) in [4.78, 5) is 14.3. The second kappa shape index (κ2) is 8.82. The van der Waals surface area contributed by atoms with Crippen molar-refractivity contribution in [3.8, 4) is 0 Å². The van der Waals surface area contributed by atoms with Gasteiger partial charge in [-0.2, -0.15) is 8.42 Å². The van der Waals surface area contributed by atoms with Crippen LogP contribution in [0.4, 0.5) is 4.79 Å². The Balaban J connectivity index is 1.92. The number of benzene rings is 2. The number of carbonyl (C=O) groups is 1. The van der Waals surface area contributed by atoms with Gasteiger partial charge in [0.1, 0.15) is 11.8 Å². The average Bonchev–Trinajstić information content (AvgIpc) is 2.97. The Morgan fingerprint density at radius 1 is 1.13 bits per heavy atom. The molecule has 2 aromatic rings. The molecule has 0 radical (unpaired) electrons. The number of hydrogen-bond donors (Lipinski definition) is 0. The van der Waals surface area contributed by atoms with Gasteiger partial charge in [-0.1, -0.05) is 54.6 Å². The van der Waals surface area contributed by atoms with Gasteiger partial charge in [-0.25, -0.2) is 4.79 Å². The molecule has 7 nitrogen and oxygen atoms in total. The van der Waals surface area contributed by atoms with Crippen molar-refractivity contribution in [1.82, 2.24) is 4.90 Å². The number of ether oxygens (including phenoxy) is 2. The van der Waals surface area contributed by atoms with E-state index in [4.69, 9.17) is 13.7 Å². The van der Waals surface area contributed by atoms with Crippen molar-refractivity contribution in [1.29, 1.82) is 0 Å². The monoisotopic (exact) mass is 445 g/mol. The van der Waals surface area contributed by atoms with Gasteiger partial charge in [-0.3, -0.25) is 9.08 Å². The SMILES string of the molecule is C=C(C)OC(=O)N1[C@H](COS(=O)(=O)c2ccc(C)cc2)[C@@H](c2ccccc2)OC1(C)C. The zero-order valence-electron chi connectivity index (χ0n) is 18.1. The lowest BCUT2D eigenvalue weighted by atomic mass is 10.0. The first-order valence-electron chi connectivity index (χ1n) is 9.87. The van der Waals surface area contributed by atoms with Crippen molar-refractivity contribution in [3.05, 3.63) is 78.1 Å². The van der Waals surface area contributed by atoms with Gasteiger partial charge in [0.15, 0.2) is 0 Å². The van der Waals surface area contributed by atoms with Gasteiger partial charge in [-0.05, 0) is 45.4 Å². The molecule has 1 amide bonds. The fraction of sp³-hybridized carbons (Fsp3) is 0.348. The van der Waals surface area contributed by atoms with Gasteiger partial charge in [0.25, 0.3) is 10.1 Å². The highest BCUT2D eigenvalue weighted by atomic mass is 32.2. The highest BCUT2D eigenvalue weighted by molar-refractivity contribution is 7.86. The lowest BCUT2D eigenvalue weighted by Crippen LogP contribution is -2.49. The first-order chi connectivity index (χ1) is 14.5. The number of carbonyl (C=O) groups excluding carboxylic acids is 1. The molecule has 0 aromatic heterocycles. The lowest BCUT2D eigenvalue weighted by Gasteiger charge is -2.32. The van der Waals surface area contributed by atoms with E-state index in [1.165, 1.54) is 17.0 Å². The highest BCUT2D eigenvalue weighted by Crippen LogP contribution is 2.42. The van der Waals surface area contributed by atoms with Crippen LogP contribution in [0.15, 0.2) is 71.8 Å². The molecule has 1 aliphatic heterocycles. The molecular formula is C23H27NO6S. The van der Waals surface area contributed by atoms with Crippen LogP contribution in [0, 0.1) is 6.92 Å². The third kappa shape index (κ3) is 5.15. The van der Waals surface area contributed by atoms with Crippen molar-refractivity contribution >= 4 is 16.2 Å². The average molecular weight is 446 g/mol. The van der Waals surface area contributed by atoms with Gasteiger partial charge in [0, 0.05) is 0 Å². The van der Waals surface area contributed by atoms with Crippen LogP contribution < -0.4 is 0 Å². The fourth-order valence-electron chi connectivity index (χ4n) is 3.56. The van der Waals surface area contributed by atoms with Crippen LogP contribution in [0.3, 0.4) is 0 Å². The molecular weight excluding hydrogens is 418 g/mol. The predicted octanol–water partition coefficient (Wildman–Crippen LogP) is 4.55. The quantitative estimate of drug-likeness (QED) is 0.479. The highest BCUT2D eigenvalue weighted by Gasteiger charge is 2.51. The zero-order valence-corrected chi connectivity index (χ0v) is 18.9.